The fourth-order valence-corrected chi connectivity index (χ4v) is 0.861. The van der Waals surface area contributed by atoms with Crippen molar-refractivity contribution in [1.82, 2.24) is 0 Å². The van der Waals surface area contributed by atoms with E-state index in [0.717, 1.165) is 0 Å². The van der Waals surface area contributed by atoms with Gasteiger partial charge in [0.15, 0.2) is 0 Å². The van der Waals surface area contributed by atoms with Gasteiger partial charge in [-0.15, -0.1) is 12.6 Å². The lowest BCUT2D eigenvalue weighted by molar-refractivity contribution is 0.463. The lowest BCUT2D eigenvalue weighted by Crippen LogP contribution is -2.06. The van der Waals surface area contributed by atoms with Gasteiger partial charge in [-0.1, -0.05) is 6.07 Å². The molecular weight excluding hydrogens is 148 g/mol. The van der Waals surface area contributed by atoms with Gasteiger partial charge in [-0.05, 0) is 12.1 Å². The van der Waals surface area contributed by atoms with Gasteiger partial charge >= 0.3 is 0 Å². The monoisotopic (exact) mass is 156 g/mol. The Morgan fingerprint density at radius 1 is 1.50 bits per heavy atom. The van der Waals surface area contributed by atoms with Gasteiger partial charge in [-0.3, -0.25) is 5.84 Å². The van der Waals surface area contributed by atoms with Crippen LogP contribution in [0.4, 0.5) is 5.69 Å². The number of phenolic OH excluding ortho intramolecular Hbond substituents is 1. The quantitative estimate of drug-likeness (QED) is 0.278. The standard InChI is InChI=1S/C6H8N2OS/c7-8-4-2-1-3-5(9)6(4)10/h1-3,8-10H,7H2. The molecular formula is C6H8N2OS. The van der Waals surface area contributed by atoms with E-state index in [1.807, 2.05) is 0 Å². The summed E-state index contributed by atoms with van der Waals surface area (Å²) in [6.45, 7) is 0. The molecule has 0 saturated carbocycles. The Hall–Kier alpha value is -0.870. The maximum absolute atomic E-state index is 9.06. The van der Waals surface area contributed by atoms with Gasteiger partial charge < -0.3 is 10.5 Å². The first-order valence-electron chi connectivity index (χ1n) is 2.73. The zero-order valence-electron chi connectivity index (χ0n) is 5.20. The second-order valence-electron chi connectivity index (χ2n) is 1.82. The second-order valence-corrected chi connectivity index (χ2v) is 2.26. The minimum absolute atomic E-state index is 0.124. The molecule has 0 aliphatic heterocycles. The lowest BCUT2D eigenvalue weighted by Gasteiger charge is -2.03. The number of hydrogen-bond acceptors (Lipinski definition) is 4. The van der Waals surface area contributed by atoms with Crippen LogP contribution in [0.15, 0.2) is 23.1 Å². The summed E-state index contributed by atoms with van der Waals surface area (Å²) >= 11 is 4.00. The van der Waals surface area contributed by atoms with E-state index < -0.39 is 0 Å². The fourth-order valence-electron chi connectivity index (χ4n) is 0.648. The average Bonchev–Trinajstić information content (AvgIpc) is 1.95. The number of thiol groups is 1. The molecule has 1 aromatic rings. The van der Waals surface area contributed by atoms with Crippen molar-refractivity contribution in [2.75, 3.05) is 5.43 Å². The fraction of sp³-hybridized carbons (Fsp3) is 0. The van der Waals surface area contributed by atoms with Crippen LogP contribution in [0.1, 0.15) is 0 Å². The molecule has 54 valence electrons. The predicted molar refractivity (Wildman–Crippen MR) is 43.2 cm³/mol. The van der Waals surface area contributed by atoms with E-state index in [1.165, 1.54) is 0 Å². The predicted octanol–water partition coefficient (Wildman–Crippen LogP) is 0.966. The van der Waals surface area contributed by atoms with Gasteiger partial charge in [0, 0.05) is 0 Å². The Kier molecular flexibility index (Phi) is 2.03. The molecule has 0 atom stereocenters. The van der Waals surface area contributed by atoms with Crippen LogP contribution in [-0.4, -0.2) is 5.11 Å². The molecule has 0 aromatic heterocycles. The first-order valence-corrected chi connectivity index (χ1v) is 3.18. The molecule has 0 saturated heterocycles. The van der Waals surface area contributed by atoms with Crippen molar-refractivity contribution >= 4 is 18.3 Å². The van der Waals surface area contributed by atoms with Gasteiger partial charge in [0.1, 0.15) is 5.75 Å². The van der Waals surface area contributed by atoms with Crippen LogP contribution in [0.2, 0.25) is 0 Å². The third kappa shape index (κ3) is 1.17. The third-order valence-corrected chi connectivity index (χ3v) is 1.64. The third-order valence-electron chi connectivity index (χ3n) is 1.17. The van der Waals surface area contributed by atoms with Crippen molar-refractivity contribution in [3.63, 3.8) is 0 Å². The van der Waals surface area contributed by atoms with Gasteiger partial charge in [0.25, 0.3) is 0 Å². The van der Waals surface area contributed by atoms with Crippen molar-refractivity contribution in [2.45, 2.75) is 4.90 Å². The zero-order valence-corrected chi connectivity index (χ0v) is 6.10. The number of nitrogens with two attached hydrogens (primary N) is 1. The van der Waals surface area contributed by atoms with Gasteiger partial charge in [-0.2, -0.15) is 0 Å². The first kappa shape index (κ1) is 7.24. The summed E-state index contributed by atoms with van der Waals surface area (Å²) < 4.78 is 0. The van der Waals surface area contributed by atoms with E-state index in [1.54, 1.807) is 18.2 Å². The molecule has 4 heteroatoms. The molecule has 3 nitrogen and oxygen atoms in total. The maximum Gasteiger partial charge on any atom is 0.131 e. The smallest absolute Gasteiger partial charge is 0.131 e. The van der Waals surface area contributed by atoms with E-state index in [4.69, 9.17) is 10.9 Å². The second kappa shape index (κ2) is 2.81. The Bertz CT molecular complexity index is 239. The zero-order chi connectivity index (χ0) is 7.56. The molecule has 1 aromatic carbocycles. The Morgan fingerprint density at radius 3 is 2.70 bits per heavy atom. The van der Waals surface area contributed by atoms with Gasteiger partial charge in [-0.25, -0.2) is 0 Å². The Balaban J connectivity index is 3.14. The van der Waals surface area contributed by atoms with Crippen LogP contribution in [0.3, 0.4) is 0 Å². The molecule has 0 aliphatic carbocycles. The Morgan fingerprint density at radius 2 is 2.20 bits per heavy atom. The number of rotatable bonds is 1. The summed E-state index contributed by atoms with van der Waals surface area (Å²) in [5, 5.41) is 9.06. The van der Waals surface area contributed by atoms with E-state index in [0.29, 0.717) is 10.6 Å². The summed E-state index contributed by atoms with van der Waals surface area (Å²) in [5.41, 5.74) is 3.01. The molecule has 0 aliphatic rings. The number of phenols is 1. The normalized spacial score (nSPS) is 9.40. The van der Waals surface area contributed by atoms with Crippen LogP contribution in [-0.2, 0) is 0 Å². The molecule has 0 spiro atoms. The van der Waals surface area contributed by atoms with Crippen LogP contribution in [0.25, 0.3) is 0 Å². The van der Waals surface area contributed by atoms with Crippen LogP contribution in [0.5, 0.6) is 5.75 Å². The van der Waals surface area contributed by atoms with Crippen LogP contribution >= 0.6 is 12.6 Å². The number of hydrazine groups is 1. The highest BCUT2D eigenvalue weighted by Gasteiger charge is 1.99. The summed E-state index contributed by atoms with van der Waals surface area (Å²) in [4.78, 5) is 0.463. The number of anilines is 1. The van der Waals surface area contributed by atoms with Crippen LogP contribution < -0.4 is 11.3 Å². The highest BCUT2D eigenvalue weighted by atomic mass is 32.1. The minimum atomic E-state index is 0.124. The highest BCUT2D eigenvalue weighted by molar-refractivity contribution is 7.80. The van der Waals surface area contributed by atoms with Crippen molar-refractivity contribution in [2.24, 2.45) is 5.84 Å². The summed E-state index contributed by atoms with van der Waals surface area (Å²) in [6.07, 6.45) is 0. The maximum atomic E-state index is 9.06. The molecule has 0 heterocycles. The van der Waals surface area contributed by atoms with E-state index in [9.17, 15) is 0 Å². The van der Waals surface area contributed by atoms with E-state index in [-0.39, 0.29) is 5.75 Å². The van der Waals surface area contributed by atoms with E-state index in [2.05, 4.69) is 18.1 Å². The molecule has 1 rings (SSSR count). The summed E-state index contributed by atoms with van der Waals surface area (Å²) in [7, 11) is 0. The van der Waals surface area contributed by atoms with Gasteiger partial charge in [0.2, 0.25) is 0 Å². The Labute approximate surface area is 64.2 Å². The number of nitrogen functional groups attached to an aromatic ring is 1. The molecule has 0 amide bonds. The largest absolute Gasteiger partial charge is 0.507 e. The molecule has 0 unspecified atom stereocenters. The molecule has 0 radical (unpaired) electrons. The van der Waals surface area contributed by atoms with Crippen LogP contribution in [0, 0.1) is 0 Å². The topological polar surface area (TPSA) is 58.3 Å². The SMILES string of the molecule is NNc1cccc(O)c1S. The number of nitrogens with one attached hydrogen (secondary N) is 1. The number of aromatic hydroxyl groups is 1. The number of benzene rings is 1. The molecule has 4 N–H and O–H groups in total. The van der Waals surface area contributed by atoms with Gasteiger partial charge in [0.05, 0.1) is 10.6 Å². The summed E-state index contributed by atoms with van der Waals surface area (Å²) in [5.74, 6) is 5.23. The average molecular weight is 156 g/mol. The van der Waals surface area contributed by atoms with Crippen molar-refractivity contribution in [3.05, 3.63) is 18.2 Å². The molecule has 0 fully saturated rings. The number of hydrogen-bond donors (Lipinski definition) is 4. The highest BCUT2D eigenvalue weighted by Crippen LogP contribution is 2.27. The lowest BCUT2D eigenvalue weighted by atomic mass is 10.3. The van der Waals surface area contributed by atoms with Crippen molar-refractivity contribution in [1.29, 1.82) is 0 Å². The molecule has 0 bridgehead atoms. The summed E-state index contributed by atoms with van der Waals surface area (Å²) in [6, 6.07) is 4.95. The van der Waals surface area contributed by atoms with E-state index >= 15 is 0 Å². The molecule has 10 heavy (non-hydrogen) atoms. The van der Waals surface area contributed by atoms with Crippen molar-refractivity contribution in [3.8, 4) is 5.75 Å². The minimum Gasteiger partial charge on any atom is -0.507 e. The van der Waals surface area contributed by atoms with Crippen molar-refractivity contribution < 1.29 is 5.11 Å². The first-order chi connectivity index (χ1) is 4.75.